The Morgan fingerprint density at radius 1 is 1.11 bits per heavy atom. The van der Waals surface area contributed by atoms with Crippen molar-refractivity contribution in [2.45, 2.75) is 57.4 Å². The highest BCUT2D eigenvalue weighted by molar-refractivity contribution is 6.34. The SMILES string of the molecule is CCCN1CC=C[C@@]2(C)O[C@]34C=CCN(c5c(C)cccc5Cl)C(=O)C3N([C@H](C)CO)C(=O)[C@@H]4[C@H]2C1=O. The highest BCUT2D eigenvalue weighted by Gasteiger charge is 2.75. The number of para-hydroxylation sites is 1. The van der Waals surface area contributed by atoms with Crippen molar-refractivity contribution in [1.29, 1.82) is 0 Å². The molecule has 0 aliphatic carbocycles. The first-order valence-corrected chi connectivity index (χ1v) is 13.3. The fraction of sp³-hybridized carbons (Fsp3) is 0.536. The van der Waals surface area contributed by atoms with Gasteiger partial charge in [-0.25, -0.2) is 0 Å². The van der Waals surface area contributed by atoms with Crippen LogP contribution in [-0.2, 0) is 19.1 Å². The summed E-state index contributed by atoms with van der Waals surface area (Å²) in [4.78, 5) is 47.3. The molecule has 1 N–H and O–H groups in total. The molecule has 6 atom stereocenters. The number of anilines is 1. The number of nitrogens with zero attached hydrogens (tertiary/aromatic N) is 3. The van der Waals surface area contributed by atoms with Gasteiger partial charge < -0.3 is 24.5 Å². The second-order valence-electron chi connectivity index (χ2n) is 10.7. The van der Waals surface area contributed by atoms with Gasteiger partial charge in [0.1, 0.15) is 11.6 Å². The molecule has 2 fully saturated rings. The van der Waals surface area contributed by atoms with Crippen molar-refractivity contribution in [2.24, 2.45) is 11.8 Å². The number of hydrogen-bond donors (Lipinski definition) is 1. The van der Waals surface area contributed by atoms with E-state index in [-0.39, 0.29) is 30.9 Å². The zero-order valence-corrected chi connectivity index (χ0v) is 22.4. The molecule has 198 valence electrons. The normalized spacial score (nSPS) is 33.8. The number of fused-ring (bicyclic) bond motifs is 2. The molecular weight excluding hydrogens is 494 g/mol. The highest BCUT2D eigenvalue weighted by atomic mass is 35.5. The van der Waals surface area contributed by atoms with Crippen LogP contribution in [0.4, 0.5) is 5.69 Å². The minimum absolute atomic E-state index is 0.147. The van der Waals surface area contributed by atoms with E-state index in [0.717, 1.165) is 12.0 Å². The molecule has 4 aliphatic rings. The number of likely N-dealkylation sites (tertiary alicyclic amines) is 1. The van der Waals surface area contributed by atoms with Crippen molar-refractivity contribution >= 4 is 35.0 Å². The van der Waals surface area contributed by atoms with E-state index in [0.29, 0.717) is 23.8 Å². The van der Waals surface area contributed by atoms with Gasteiger partial charge >= 0.3 is 0 Å². The Hall–Kier alpha value is -2.68. The van der Waals surface area contributed by atoms with Crippen molar-refractivity contribution in [3.05, 3.63) is 53.1 Å². The minimum Gasteiger partial charge on any atom is -0.394 e. The van der Waals surface area contributed by atoms with Crippen LogP contribution in [0.3, 0.4) is 0 Å². The Morgan fingerprint density at radius 2 is 1.84 bits per heavy atom. The molecule has 0 bridgehead atoms. The second-order valence-corrected chi connectivity index (χ2v) is 11.1. The number of aryl methyl sites for hydroxylation is 1. The van der Waals surface area contributed by atoms with Crippen LogP contribution in [0, 0.1) is 18.8 Å². The molecule has 1 aromatic rings. The maximum atomic E-state index is 14.4. The summed E-state index contributed by atoms with van der Waals surface area (Å²) in [5.74, 6) is -2.55. The van der Waals surface area contributed by atoms with E-state index in [1.807, 2.05) is 51.1 Å². The number of halogens is 1. The van der Waals surface area contributed by atoms with Gasteiger partial charge in [-0.2, -0.15) is 0 Å². The van der Waals surface area contributed by atoms with Crippen molar-refractivity contribution in [3.8, 4) is 0 Å². The summed E-state index contributed by atoms with van der Waals surface area (Å²) in [7, 11) is 0. The first-order valence-electron chi connectivity index (χ1n) is 12.9. The quantitative estimate of drug-likeness (QED) is 0.595. The number of aliphatic hydroxyl groups excluding tert-OH is 1. The van der Waals surface area contributed by atoms with Crippen molar-refractivity contribution in [1.82, 2.24) is 9.80 Å². The lowest BCUT2D eigenvalue weighted by atomic mass is 9.74. The smallest absolute Gasteiger partial charge is 0.253 e. The largest absolute Gasteiger partial charge is 0.394 e. The molecule has 0 radical (unpaired) electrons. The van der Waals surface area contributed by atoms with Gasteiger partial charge in [0.15, 0.2) is 0 Å². The summed E-state index contributed by atoms with van der Waals surface area (Å²) in [6.45, 7) is 8.35. The number of benzene rings is 1. The van der Waals surface area contributed by atoms with Crippen LogP contribution in [0.1, 0.15) is 32.8 Å². The highest BCUT2D eigenvalue weighted by Crippen LogP contribution is 2.58. The number of aliphatic hydroxyl groups is 1. The molecule has 3 amide bonds. The zero-order chi connectivity index (χ0) is 26.7. The maximum Gasteiger partial charge on any atom is 0.253 e. The molecule has 1 spiro atoms. The molecule has 1 aromatic carbocycles. The lowest BCUT2D eigenvalue weighted by Gasteiger charge is -2.39. The first-order chi connectivity index (χ1) is 17.6. The molecule has 1 unspecified atom stereocenters. The Bertz CT molecular complexity index is 1180. The van der Waals surface area contributed by atoms with Gasteiger partial charge in [0.2, 0.25) is 11.8 Å². The molecule has 0 saturated carbocycles. The third-order valence-corrected chi connectivity index (χ3v) is 8.57. The third-order valence-electron chi connectivity index (χ3n) is 8.27. The lowest BCUT2D eigenvalue weighted by molar-refractivity contribution is -0.150. The van der Waals surface area contributed by atoms with Gasteiger partial charge in [0.25, 0.3) is 5.91 Å². The van der Waals surface area contributed by atoms with Crippen LogP contribution in [0.15, 0.2) is 42.5 Å². The number of carbonyl (C=O) groups is 3. The van der Waals surface area contributed by atoms with Gasteiger partial charge in [0, 0.05) is 19.6 Å². The van der Waals surface area contributed by atoms with E-state index in [9.17, 15) is 19.5 Å². The fourth-order valence-corrected chi connectivity index (χ4v) is 7.03. The molecule has 9 heteroatoms. The van der Waals surface area contributed by atoms with E-state index in [1.165, 1.54) is 4.90 Å². The number of amides is 3. The van der Waals surface area contributed by atoms with Gasteiger partial charge in [0.05, 0.1) is 40.8 Å². The third kappa shape index (κ3) is 3.67. The average Bonchev–Trinajstić information content (AvgIpc) is 3.14. The predicted octanol–water partition coefficient (Wildman–Crippen LogP) is 2.71. The average molecular weight is 528 g/mol. The second kappa shape index (κ2) is 9.26. The summed E-state index contributed by atoms with van der Waals surface area (Å²) in [6.07, 6.45) is 8.22. The standard InChI is InChI=1S/C28H34ClN3O5/c1-5-13-30-14-7-11-27(4)20(24(30)34)21-25(35)32(18(3)16-33)23-26(36)31(15-8-12-28(21,23)37-27)22-17(2)9-6-10-19(22)29/h6-12,18,20-21,23,33H,5,13-16H2,1-4H3/t18-,20+,21+,23?,27-,28+/m1/s1. The molecule has 4 aliphatic heterocycles. The molecule has 5 rings (SSSR count). The van der Waals surface area contributed by atoms with Crippen molar-refractivity contribution in [3.63, 3.8) is 0 Å². The van der Waals surface area contributed by atoms with Crippen LogP contribution in [0.25, 0.3) is 0 Å². The number of hydrogen-bond acceptors (Lipinski definition) is 5. The van der Waals surface area contributed by atoms with Gasteiger partial charge in [-0.15, -0.1) is 0 Å². The molecule has 4 heterocycles. The zero-order valence-electron chi connectivity index (χ0n) is 21.7. The Morgan fingerprint density at radius 3 is 2.51 bits per heavy atom. The summed E-state index contributed by atoms with van der Waals surface area (Å²) in [5, 5.41) is 10.5. The number of carbonyl (C=O) groups excluding carboxylic acids is 3. The van der Waals surface area contributed by atoms with Crippen LogP contribution < -0.4 is 4.90 Å². The van der Waals surface area contributed by atoms with E-state index >= 15 is 0 Å². The molecule has 8 nitrogen and oxygen atoms in total. The summed E-state index contributed by atoms with van der Waals surface area (Å²) in [5.41, 5.74) is -1.03. The van der Waals surface area contributed by atoms with Gasteiger partial charge in [-0.1, -0.05) is 55.0 Å². The lowest BCUT2D eigenvalue weighted by Crippen LogP contribution is -2.58. The Labute approximate surface area is 222 Å². The van der Waals surface area contributed by atoms with Crippen LogP contribution >= 0.6 is 11.6 Å². The van der Waals surface area contributed by atoms with Crippen molar-refractivity contribution < 1.29 is 24.2 Å². The molecule has 0 aromatic heterocycles. The van der Waals surface area contributed by atoms with Gasteiger partial charge in [-0.05, 0) is 38.8 Å². The fourth-order valence-electron chi connectivity index (χ4n) is 6.71. The van der Waals surface area contributed by atoms with E-state index in [1.54, 1.807) is 28.9 Å². The van der Waals surface area contributed by atoms with Crippen molar-refractivity contribution in [2.75, 3.05) is 31.1 Å². The van der Waals surface area contributed by atoms with Crippen LogP contribution in [0.2, 0.25) is 5.02 Å². The van der Waals surface area contributed by atoms with Crippen LogP contribution in [-0.4, -0.2) is 82.2 Å². The maximum absolute atomic E-state index is 14.4. The Balaban J connectivity index is 1.68. The summed E-state index contributed by atoms with van der Waals surface area (Å²) >= 11 is 6.56. The topological polar surface area (TPSA) is 90.4 Å². The Kier molecular flexibility index (Phi) is 6.49. The van der Waals surface area contributed by atoms with Gasteiger partial charge in [-0.3, -0.25) is 14.4 Å². The van der Waals surface area contributed by atoms with E-state index in [2.05, 4.69) is 0 Å². The number of ether oxygens (including phenoxy) is 1. The van der Waals surface area contributed by atoms with E-state index < -0.39 is 35.1 Å². The first kappa shape index (κ1) is 25.9. The summed E-state index contributed by atoms with van der Waals surface area (Å²) in [6, 6.07) is 3.72. The molecular formula is C28H34ClN3O5. The van der Waals surface area contributed by atoms with E-state index in [4.69, 9.17) is 16.3 Å². The molecule has 2 saturated heterocycles. The monoisotopic (exact) mass is 527 g/mol. The van der Waals surface area contributed by atoms with Crippen LogP contribution in [0.5, 0.6) is 0 Å². The minimum atomic E-state index is -1.36. The number of rotatable bonds is 5. The summed E-state index contributed by atoms with van der Waals surface area (Å²) < 4.78 is 6.79. The predicted molar refractivity (Wildman–Crippen MR) is 140 cm³/mol. The molecule has 37 heavy (non-hydrogen) atoms.